The normalized spacial score (nSPS) is 21.7. The molecule has 0 radical (unpaired) electrons. The molecule has 3 amide bonds. The minimum atomic E-state index is -1.50. The number of urea groups is 1. The first kappa shape index (κ1) is 15.3. The number of hydrogen-bond acceptors (Lipinski definition) is 3. The highest BCUT2D eigenvalue weighted by molar-refractivity contribution is 6.42. The number of nitriles is 1. The van der Waals surface area contributed by atoms with Crippen LogP contribution in [0.25, 0.3) is 0 Å². The molecule has 1 aliphatic heterocycles. The highest BCUT2D eigenvalue weighted by atomic mass is 35.5. The largest absolute Gasteiger partial charge is 0.465 e. The minimum Gasteiger partial charge on any atom is -0.465 e. The van der Waals surface area contributed by atoms with Crippen LogP contribution in [-0.4, -0.2) is 27.8 Å². The highest BCUT2D eigenvalue weighted by Gasteiger charge is 2.43. The van der Waals surface area contributed by atoms with Crippen LogP contribution >= 0.6 is 23.2 Å². The van der Waals surface area contributed by atoms with E-state index in [4.69, 9.17) is 23.2 Å². The molecule has 2 atom stereocenters. The molecule has 0 fully saturated rings. The van der Waals surface area contributed by atoms with E-state index in [1.165, 1.54) is 19.1 Å². The van der Waals surface area contributed by atoms with Gasteiger partial charge in [0.2, 0.25) is 0 Å². The molecule has 6 nitrogen and oxygen atoms in total. The van der Waals surface area contributed by atoms with Crippen molar-refractivity contribution in [1.82, 2.24) is 4.90 Å². The van der Waals surface area contributed by atoms with Gasteiger partial charge in [-0.15, -0.1) is 0 Å². The van der Waals surface area contributed by atoms with Crippen LogP contribution in [0.1, 0.15) is 18.5 Å². The van der Waals surface area contributed by atoms with E-state index in [9.17, 15) is 20.0 Å². The third kappa shape index (κ3) is 2.58. The van der Waals surface area contributed by atoms with Gasteiger partial charge in [0, 0.05) is 5.71 Å². The summed E-state index contributed by atoms with van der Waals surface area (Å²) in [5.41, 5.74) is 0.529. The van der Waals surface area contributed by atoms with Crippen LogP contribution in [0, 0.1) is 17.2 Å². The van der Waals surface area contributed by atoms with Crippen molar-refractivity contribution < 1.29 is 14.7 Å². The fourth-order valence-corrected chi connectivity index (χ4v) is 2.62. The van der Waals surface area contributed by atoms with E-state index in [0.717, 1.165) is 0 Å². The maximum Gasteiger partial charge on any atom is 0.416 e. The second-order valence-electron chi connectivity index (χ2n) is 4.38. The third-order valence-electron chi connectivity index (χ3n) is 3.17. The summed E-state index contributed by atoms with van der Waals surface area (Å²) in [6.07, 6.45) is -1.50. The number of carboxylic acid groups (broad SMARTS) is 1. The Kier molecular flexibility index (Phi) is 4.16. The summed E-state index contributed by atoms with van der Waals surface area (Å²) in [5, 5.41) is 18.9. The molecule has 0 spiro atoms. The molecular formula is C13H9Cl2N3O3. The lowest BCUT2D eigenvalue weighted by molar-refractivity contribution is 0.129. The lowest BCUT2D eigenvalue weighted by Crippen LogP contribution is -2.46. The average Bonchev–Trinajstić information content (AvgIpc) is 2.40. The van der Waals surface area contributed by atoms with Crippen LogP contribution in [0.3, 0.4) is 0 Å². The zero-order valence-electron chi connectivity index (χ0n) is 10.7. The van der Waals surface area contributed by atoms with E-state index in [-0.39, 0.29) is 15.8 Å². The number of benzene rings is 1. The van der Waals surface area contributed by atoms with E-state index in [1.54, 1.807) is 6.07 Å². The monoisotopic (exact) mass is 325 g/mol. The fourth-order valence-electron chi connectivity index (χ4n) is 2.20. The van der Waals surface area contributed by atoms with Crippen molar-refractivity contribution in [2.45, 2.75) is 13.0 Å². The maximum atomic E-state index is 11.9. The first-order valence-corrected chi connectivity index (χ1v) is 6.59. The molecule has 108 valence electrons. The number of halogens is 2. The van der Waals surface area contributed by atoms with Crippen molar-refractivity contribution in [3.05, 3.63) is 33.8 Å². The Hall–Kier alpha value is -2.10. The number of rotatable bonds is 1. The Balaban J connectivity index is 2.68. The minimum absolute atomic E-state index is 0.109. The third-order valence-corrected chi connectivity index (χ3v) is 4.00. The van der Waals surface area contributed by atoms with E-state index < -0.39 is 24.1 Å². The lowest BCUT2D eigenvalue weighted by Gasteiger charge is -2.33. The van der Waals surface area contributed by atoms with Gasteiger partial charge >= 0.3 is 12.1 Å². The van der Waals surface area contributed by atoms with Gasteiger partial charge in [-0.05, 0) is 18.6 Å². The maximum absolute atomic E-state index is 11.9. The van der Waals surface area contributed by atoms with Gasteiger partial charge in [-0.25, -0.2) is 19.5 Å². The van der Waals surface area contributed by atoms with Crippen LogP contribution in [0.2, 0.25) is 10.0 Å². The quantitative estimate of drug-likeness (QED) is 0.850. The van der Waals surface area contributed by atoms with Crippen molar-refractivity contribution in [3.8, 4) is 6.07 Å². The Morgan fingerprint density at radius 1 is 1.48 bits per heavy atom. The molecule has 1 aromatic rings. The van der Waals surface area contributed by atoms with E-state index in [1.807, 2.05) is 6.07 Å². The van der Waals surface area contributed by atoms with E-state index in [0.29, 0.717) is 10.5 Å². The van der Waals surface area contributed by atoms with Gasteiger partial charge in [-0.1, -0.05) is 35.3 Å². The molecule has 0 bridgehead atoms. The summed E-state index contributed by atoms with van der Waals surface area (Å²) < 4.78 is 0. The van der Waals surface area contributed by atoms with Crippen molar-refractivity contribution in [3.63, 3.8) is 0 Å². The zero-order valence-corrected chi connectivity index (χ0v) is 12.3. The molecule has 1 aromatic carbocycles. The fraction of sp³-hybridized carbons (Fsp3) is 0.231. The number of amides is 3. The average molecular weight is 326 g/mol. The first-order valence-electron chi connectivity index (χ1n) is 5.83. The molecule has 2 rings (SSSR count). The summed E-state index contributed by atoms with van der Waals surface area (Å²) in [5.74, 6) is -0.922. The molecule has 2 unspecified atom stereocenters. The molecule has 1 heterocycles. The van der Waals surface area contributed by atoms with Gasteiger partial charge in [0.15, 0.2) is 0 Å². The van der Waals surface area contributed by atoms with Gasteiger partial charge in [0.1, 0.15) is 5.92 Å². The van der Waals surface area contributed by atoms with Crippen LogP contribution in [0.15, 0.2) is 23.2 Å². The molecule has 21 heavy (non-hydrogen) atoms. The number of nitrogens with zero attached hydrogens (tertiary/aromatic N) is 3. The van der Waals surface area contributed by atoms with Gasteiger partial charge < -0.3 is 5.11 Å². The summed E-state index contributed by atoms with van der Waals surface area (Å²) in [6.45, 7) is 1.50. The molecule has 0 aliphatic carbocycles. The Morgan fingerprint density at radius 3 is 2.71 bits per heavy atom. The van der Waals surface area contributed by atoms with Crippen molar-refractivity contribution in [2.24, 2.45) is 10.9 Å². The van der Waals surface area contributed by atoms with Crippen LogP contribution < -0.4 is 0 Å². The molecule has 0 saturated carbocycles. The number of carbonyl (C=O) groups excluding carboxylic acids is 1. The summed E-state index contributed by atoms with van der Waals surface area (Å²) in [6, 6.07) is 4.57. The molecule has 1 aliphatic rings. The Labute approximate surface area is 130 Å². The van der Waals surface area contributed by atoms with Gasteiger partial charge in [0.05, 0.1) is 22.2 Å². The molecular weight excluding hydrogens is 317 g/mol. The van der Waals surface area contributed by atoms with Crippen LogP contribution in [0.5, 0.6) is 0 Å². The van der Waals surface area contributed by atoms with Crippen LogP contribution in [0.4, 0.5) is 9.59 Å². The Morgan fingerprint density at radius 2 is 2.14 bits per heavy atom. The number of carbonyl (C=O) groups is 2. The topological polar surface area (TPSA) is 93.8 Å². The lowest BCUT2D eigenvalue weighted by atomic mass is 9.88. The number of imide groups is 1. The van der Waals surface area contributed by atoms with E-state index >= 15 is 0 Å². The van der Waals surface area contributed by atoms with Gasteiger partial charge in [-0.2, -0.15) is 5.26 Å². The molecule has 0 saturated heterocycles. The zero-order chi connectivity index (χ0) is 15.7. The second-order valence-corrected chi connectivity index (χ2v) is 5.17. The standard InChI is InChI=1S/C13H9Cl2N3O3/c1-6-8(5-16)11(18(13(20)21)12(19)17-6)7-3-2-4-9(14)10(7)15/h2-4,8,11H,1H3,(H,20,21). The molecule has 1 N–H and O–H groups in total. The molecule has 0 aromatic heterocycles. The highest BCUT2D eigenvalue weighted by Crippen LogP contribution is 2.39. The predicted molar refractivity (Wildman–Crippen MR) is 76.7 cm³/mol. The van der Waals surface area contributed by atoms with Crippen molar-refractivity contribution >= 4 is 41.0 Å². The summed E-state index contributed by atoms with van der Waals surface area (Å²) >= 11 is 12.0. The van der Waals surface area contributed by atoms with E-state index in [2.05, 4.69) is 4.99 Å². The number of hydrogen-bond donors (Lipinski definition) is 1. The second kappa shape index (κ2) is 5.72. The Bertz CT molecular complexity index is 696. The van der Waals surface area contributed by atoms with Crippen molar-refractivity contribution in [2.75, 3.05) is 0 Å². The first-order chi connectivity index (χ1) is 9.88. The SMILES string of the molecule is CC1=NC(=O)N(C(=O)O)C(c2cccc(Cl)c2Cl)C1C#N. The van der Waals surface area contributed by atoms with Crippen molar-refractivity contribution in [1.29, 1.82) is 5.26 Å². The van der Waals surface area contributed by atoms with Gasteiger partial charge in [-0.3, -0.25) is 0 Å². The summed E-state index contributed by atoms with van der Waals surface area (Å²) in [7, 11) is 0. The van der Waals surface area contributed by atoms with Gasteiger partial charge in [0.25, 0.3) is 0 Å². The predicted octanol–water partition coefficient (Wildman–Crippen LogP) is 3.75. The number of aliphatic imine (C=N–C) groups is 1. The molecule has 8 heteroatoms. The van der Waals surface area contributed by atoms with Crippen LogP contribution in [-0.2, 0) is 0 Å². The summed E-state index contributed by atoms with van der Waals surface area (Å²) in [4.78, 5) is 27.3. The smallest absolute Gasteiger partial charge is 0.416 e.